The maximum Gasteiger partial charge on any atom is 0.223 e. The lowest BCUT2D eigenvalue weighted by Gasteiger charge is -2.33. The van der Waals surface area contributed by atoms with E-state index in [0.29, 0.717) is 12.6 Å². The molecule has 2 N–H and O–H groups in total. The van der Waals surface area contributed by atoms with E-state index in [2.05, 4.69) is 23.4 Å². The minimum absolute atomic E-state index is 0.0150. The Morgan fingerprint density at radius 3 is 2.86 bits per heavy atom. The van der Waals surface area contributed by atoms with Crippen molar-refractivity contribution in [3.05, 3.63) is 18.2 Å². The van der Waals surface area contributed by atoms with Crippen LogP contribution in [0.15, 0.2) is 12.4 Å². The number of nitrogens with zero attached hydrogens (tertiary/aromatic N) is 3. The van der Waals surface area contributed by atoms with Crippen molar-refractivity contribution in [1.82, 2.24) is 14.5 Å². The first-order chi connectivity index (χ1) is 9.99. The van der Waals surface area contributed by atoms with E-state index >= 15 is 0 Å². The number of hydrogen-bond acceptors (Lipinski definition) is 3. The van der Waals surface area contributed by atoms with Gasteiger partial charge in [-0.1, -0.05) is 0 Å². The summed E-state index contributed by atoms with van der Waals surface area (Å²) in [5.41, 5.74) is 5.10. The van der Waals surface area contributed by atoms with Crippen molar-refractivity contribution in [3.63, 3.8) is 0 Å². The fourth-order valence-corrected chi connectivity index (χ4v) is 2.88. The number of piperidine rings is 1. The lowest BCUT2D eigenvalue weighted by atomic mass is 9.96. The number of imidazole rings is 1. The summed E-state index contributed by atoms with van der Waals surface area (Å²) in [5, 5.41) is 0. The van der Waals surface area contributed by atoms with Crippen LogP contribution in [0.4, 0.5) is 0 Å². The molecule has 0 aromatic carbocycles. The van der Waals surface area contributed by atoms with E-state index < -0.39 is 5.91 Å². The van der Waals surface area contributed by atoms with E-state index in [-0.39, 0.29) is 24.7 Å². The lowest BCUT2D eigenvalue weighted by Crippen LogP contribution is -2.40. The number of hydrogen-bond donors (Lipinski definition) is 1. The number of carbonyl (C=O) groups is 2. The Labute approximate surface area is 125 Å². The highest BCUT2D eigenvalue weighted by Gasteiger charge is 2.27. The fraction of sp³-hybridized carbons (Fsp3) is 0.667. The van der Waals surface area contributed by atoms with Gasteiger partial charge in [-0.15, -0.1) is 0 Å². The molecule has 1 aromatic heterocycles. The molecule has 1 aliphatic heterocycles. The van der Waals surface area contributed by atoms with Gasteiger partial charge in [-0.05, 0) is 26.7 Å². The third kappa shape index (κ3) is 3.83. The molecular formula is C15H24N4O2. The summed E-state index contributed by atoms with van der Waals surface area (Å²) in [6.45, 7) is 5.70. The zero-order chi connectivity index (χ0) is 15.4. The monoisotopic (exact) mass is 292 g/mol. The maximum atomic E-state index is 12.1. The molecule has 0 saturated carbocycles. The molecule has 21 heavy (non-hydrogen) atoms. The average Bonchev–Trinajstić information content (AvgIpc) is 2.94. The van der Waals surface area contributed by atoms with Crippen molar-refractivity contribution in [2.75, 3.05) is 13.1 Å². The third-order valence-corrected chi connectivity index (χ3v) is 3.98. The summed E-state index contributed by atoms with van der Waals surface area (Å²) in [6, 6.07) is 0.364. The SMILES string of the molecule is CC(C)n1ccnc1[C@@H]1CCCN(C(=O)CCC(N)=O)C1. The van der Waals surface area contributed by atoms with E-state index in [9.17, 15) is 9.59 Å². The third-order valence-electron chi connectivity index (χ3n) is 3.98. The van der Waals surface area contributed by atoms with Crippen molar-refractivity contribution in [3.8, 4) is 0 Å². The molecule has 0 bridgehead atoms. The predicted octanol–water partition coefficient (Wildman–Crippen LogP) is 1.44. The Morgan fingerprint density at radius 1 is 1.43 bits per heavy atom. The molecule has 0 aliphatic carbocycles. The summed E-state index contributed by atoms with van der Waals surface area (Å²) in [5.74, 6) is 0.916. The zero-order valence-corrected chi connectivity index (χ0v) is 12.8. The standard InChI is InChI=1S/C15H24N4O2/c1-11(2)19-9-7-17-15(19)12-4-3-8-18(10-12)14(21)6-5-13(16)20/h7,9,11-12H,3-6,8,10H2,1-2H3,(H2,16,20)/t12-/m1/s1. The molecule has 1 aliphatic rings. The van der Waals surface area contributed by atoms with Gasteiger partial charge >= 0.3 is 0 Å². The number of carbonyl (C=O) groups excluding carboxylic acids is 2. The number of aromatic nitrogens is 2. The Bertz CT molecular complexity index is 510. The minimum atomic E-state index is -0.424. The Morgan fingerprint density at radius 2 is 2.19 bits per heavy atom. The van der Waals surface area contributed by atoms with E-state index in [1.54, 1.807) is 0 Å². The highest BCUT2D eigenvalue weighted by atomic mass is 16.2. The van der Waals surface area contributed by atoms with Crippen LogP contribution >= 0.6 is 0 Å². The molecule has 0 unspecified atom stereocenters. The van der Waals surface area contributed by atoms with Crippen LogP contribution in [0.5, 0.6) is 0 Å². The second kappa shape index (κ2) is 6.74. The predicted molar refractivity (Wildman–Crippen MR) is 79.6 cm³/mol. The van der Waals surface area contributed by atoms with E-state index in [4.69, 9.17) is 5.73 Å². The van der Waals surface area contributed by atoms with Gasteiger partial charge in [-0.2, -0.15) is 0 Å². The van der Waals surface area contributed by atoms with Gasteiger partial charge in [0.15, 0.2) is 0 Å². The van der Waals surface area contributed by atoms with Crippen molar-refractivity contribution >= 4 is 11.8 Å². The molecule has 1 fully saturated rings. The number of primary amides is 1. The average molecular weight is 292 g/mol. The second-order valence-electron chi connectivity index (χ2n) is 5.93. The first kappa shape index (κ1) is 15.5. The van der Waals surface area contributed by atoms with Gasteiger partial charge in [0.1, 0.15) is 5.82 Å². The Balaban J connectivity index is 2.02. The van der Waals surface area contributed by atoms with E-state index in [1.807, 2.05) is 17.3 Å². The van der Waals surface area contributed by atoms with Gasteiger partial charge in [0.05, 0.1) is 0 Å². The second-order valence-corrected chi connectivity index (χ2v) is 5.93. The summed E-state index contributed by atoms with van der Waals surface area (Å²) >= 11 is 0. The highest BCUT2D eigenvalue weighted by molar-refractivity contribution is 5.82. The molecule has 1 atom stereocenters. The van der Waals surface area contributed by atoms with Gasteiger partial charge in [0.25, 0.3) is 0 Å². The van der Waals surface area contributed by atoms with Gasteiger partial charge < -0.3 is 15.2 Å². The van der Waals surface area contributed by atoms with Gasteiger partial charge in [0, 0.05) is 50.3 Å². The van der Waals surface area contributed by atoms with Crippen molar-refractivity contribution < 1.29 is 9.59 Å². The Kier molecular flexibility index (Phi) is 4.98. The number of amides is 2. The van der Waals surface area contributed by atoms with Gasteiger partial charge in [-0.25, -0.2) is 4.98 Å². The summed E-state index contributed by atoms with van der Waals surface area (Å²) < 4.78 is 2.17. The molecule has 0 spiro atoms. The lowest BCUT2D eigenvalue weighted by molar-refractivity contribution is -0.134. The fourth-order valence-electron chi connectivity index (χ4n) is 2.88. The number of rotatable bonds is 5. The van der Waals surface area contributed by atoms with Crippen LogP contribution in [0.1, 0.15) is 57.3 Å². The molecule has 6 heteroatoms. The minimum Gasteiger partial charge on any atom is -0.370 e. The van der Waals surface area contributed by atoms with Crippen LogP contribution in [-0.2, 0) is 9.59 Å². The quantitative estimate of drug-likeness (QED) is 0.891. The van der Waals surface area contributed by atoms with Crippen LogP contribution in [0.3, 0.4) is 0 Å². The van der Waals surface area contributed by atoms with Crippen molar-refractivity contribution in [2.24, 2.45) is 5.73 Å². The largest absolute Gasteiger partial charge is 0.370 e. The molecule has 2 heterocycles. The zero-order valence-electron chi connectivity index (χ0n) is 12.8. The summed E-state index contributed by atoms with van der Waals surface area (Å²) in [7, 11) is 0. The Hall–Kier alpha value is -1.85. The number of nitrogens with two attached hydrogens (primary N) is 1. The molecule has 6 nitrogen and oxygen atoms in total. The van der Waals surface area contributed by atoms with Crippen LogP contribution in [-0.4, -0.2) is 39.4 Å². The molecule has 2 rings (SSSR count). The van der Waals surface area contributed by atoms with Crippen molar-refractivity contribution in [1.29, 1.82) is 0 Å². The highest BCUT2D eigenvalue weighted by Crippen LogP contribution is 2.27. The first-order valence-electron chi connectivity index (χ1n) is 7.58. The molecular weight excluding hydrogens is 268 g/mol. The summed E-state index contributed by atoms with van der Waals surface area (Å²) in [4.78, 5) is 29.2. The van der Waals surface area contributed by atoms with Gasteiger partial charge in [0.2, 0.25) is 11.8 Å². The van der Waals surface area contributed by atoms with Gasteiger partial charge in [-0.3, -0.25) is 9.59 Å². The van der Waals surface area contributed by atoms with E-state index in [1.165, 1.54) is 0 Å². The molecule has 2 amide bonds. The molecule has 0 radical (unpaired) electrons. The van der Waals surface area contributed by atoms with Crippen LogP contribution in [0.25, 0.3) is 0 Å². The van der Waals surface area contributed by atoms with Crippen LogP contribution in [0, 0.1) is 0 Å². The number of likely N-dealkylation sites (tertiary alicyclic amines) is 1. The van der Waals surface area contributed by atoms with E-state index in [0.717, 1.165) is 25.2 Å². The smallest absolute Gasteiger partial charge is 0.223 e. The van der Waals surface area contributed by atoms with Crippen LogP contribution in [0.2, 0.25) is 0 Å². The topological polar surface area (TPSA) is 81.2 Å². The summed E-state index contributed by atoms with van der Waals surface area (Å²) in [6.07, 6.45) is 6.17. The maximum absolute atomic E-state index is 12.1. The normalized spacial score (nSPS) is 19.0. The molecule has 1 saturated heterocycles. The molecule has 116 valence electrons. The van der Waals surface area contributed by atoms with Crippen LogP contribution < -0.4 is 5.73 Å². The van der Waals surface area contributed by atoms with Crippen molar-refractivity contribution in [2.45, 2.75) is 51.5 Å². The first-order valence-corrected chi connectivity index (χ1v) is 7.58. The molecule has 1 aromatic rings.